The highest BCUT2D eigenvalue weighted by molar-refractivity contribution is 6.00. The Morgan fingerprint density at radius 2 is 1.79 bits per heavy atom. The van der Waals surface area contributed by atoms with Gasteiger partial charge in [-0.1, -0.05) is 29.4 Å². The summed E-state index contributed by atoms with van der Waals surface area (Å²) in [4.78, 5) is 16.7. The van der Waals surface area contributed by atoms with E-state index in [-0.39, 0.29) is 11.7 Å². The van der Waals surface area contributed by atoms with E-state index in [9.17, 15) is 13.6 Å². The second-order valence-electron chi connectivity index (χ2n) is 6.70. The molecule has 0 radical (unpaired) electrons. The Balaban J connectivity index is 1.54. The van der Waals surface area contributed by atoms with E-state index in [1.165, 1.54) is 18.2 Å². The van der Waals surface area contributed by atoms with Crippen LogP contribution in [0.25, 0.3) is 11.3 Å². The zero-order chi connectivity index (χ0) is 19.7. The Kier molecular flexibility index (Phi) is 4.81. The van der Waals surface area contributed by atoms with Crippen LogP contribution in [0.3, 0.4) is 0 Å². The van der Waals surface area contributed by atoms with Gasteiger partial charge in [-0.25, -0.2) is 8.78 Å². The van der Waals surface area contributed by atoms with Crippen LogP contribution in [0.15, 0.2) is 53.1 Å². The van der Waals surface area contributed by atoms with Crippen molar-refractivity contribution < 1.29 is 18.1 Å². The third-order valence-corrected chi connectivity index (χ3v) is 4.93. The molecule has 2 heterocycles. The van der Waals surface area contributed by atoms with Crippen LogP contribution in [0.1, 0.15) is 16.1 Å². The molecule has 1 fully saturated rings. The zero-order valence-electron chi connectivity index (χ0n) is 15.4. The maximum atomic E-state index is 14.0. The number of carbonyl (C=O) groups excluding carboxylic acids is 1. The molecule has 1 amide bonds. The summed E-state index contributed by atoms with van der Waals surface area (Å²) in [5.41, 5.74) is 1.70. The fraction of sp³-hybridized carbons (Fsp3) is 0.238. The summed E-state index contributed by atoms with van der Waals surface area (Å²) in [6, 6.07) is 12.5. The lowest BCUT2D eigenvalue weighted by Crippen LogP contribution is -2.49. The minimum atomic E-state index is -0.407. The van der Waals surface area contributed by atoms with E-state index in [0.29, 0.717) is 54.4 Å². The second-order valence-corrected chi connectivity index (χ2v) is 6.70. The van der Waals surface area contributed by atoms with E-state index in [2.05, 4.69) is 5.16 Å². The van der Waals surface area contributed by atoms with Crippen molar-refractivity contribution >= 4 is 11.6 Å². The number of aryl methyl sites for hydroxylation is 1. The number of nitrogens with zero attached hydrogens (tertiary/aromatic N) is 3. The fourth-order valence-electron chi connectivity index (χ4n) is 3.47. The Bertz CT molecular complexity index is 1010. The summed E-state index contributed by atoms with van der Waals surface area (Å²) in [6.45, 7) is 3.60. The van der Waals surface area contributed by atoms with Crippen molar-refractivity contribution in [3.8, 4) is 11.3 Å². The van der Waals surface area contributed by atoms with E-state index >= 15 is 0 Å². The first-order valence-corrected chi connectivity index (χ1v) is 9.05. The average molecular weight is 383 g/mol. The molecule has 0 unspecified atom stereocenters. The van der Waals surface area contributed by atoms with Crippen LogP contribution in [0.4, 0.5) is 14.5 Å². The van der Waals surface area contributed by atoms with Gasteiger partial charge >= 0.3 is 0 Å². The smallest absolute Gasteiger partial charge is 0.259 e. The number of aromatic nitrogens is 1. The number of benzene rings is 2. The Labute approximate surface area is 161 Å². The predicted octanol–water partition coefficient (Wildman–Crippen LogP) is 3.89. The number of piperazine rings is 1. The molecule has 0 aliphatic carbocycles. The number of para-hydroxylation sites is 1. The zero-order valence-corrected chi connectivity index (χ0v) is 15.4. The first-order chi connectivity index (χ1) is 13.5. The summed E-state index contributed by atoms with van der Waals surface area (Å²) in [6.07, 6.45) is 0. The van der Waals surface area contributed by atoms with Crippen LogP contribution in [0, 0.1) is 18.6 Å². The van der Waals surface area contributed by atoms with Crippen molar-refractivity contribution in [2.24, 2.45) is 0 Å². The molecular weight excluding hydrogens is 364 g/mol. The highest BCUT2D eigenvalue weighted by Crippen LogP contribution is 2.28. The van der Waals surface area contributed by atoms with Gasteiger partial charge in [-0.2, -0.15) is 0 Å². The van der Waals surface area contributed by atoms with Crippen molar-refractivity contribution in [1.82, 2.24) is 10.1 Å². The topological polar surface area (TPSA) is 49.6 Å². The van der Waals surface area contributed by atoms with Crippen LogP contribution >= 0.6 is 0 Å². The Morgan fingerprint density at radius 1 is 1.04 bits per heavy atom. The van der Waals surface area contributed by atoms with Gasteiger partial charge in [0.15, 0.2) is 0 Å². The molecular formula is C21H19F2N3O2. The van der Waals surface area contributed by atoms with Crippen LogP contribution in [-0.2, 0) is 0 Å². The minimum absolute atomic E-state index is 0.216. The number of hydrogen-bond donors (Lipinski definition) is 0. The molecule has 1 aliphatic heterocycles. The van der Waals surface area contributed by atoms with Gasteiger partial charge in [-0.15, -0.1) is 0 Å². The summed E-state index contributed by atoms with van der Waals surface area (Å²) >= 11 is 0. The first kappa shape index (κ1) is 18.2. The van der Waals surface area contributed by atoms with Crippen LogP contribution in [0.2, 0.25) is 0 Å². The molecule has 2 aromatic carbocycles. The molecule has 1 aromatic heterocycles. The number of rotatable bonds is 3. The van der Waals surface area contributed by atoms with Gasteiger partial charge in [0.2, 0.25) is 0 Å². The molecule has 0 atom stereocenters. The number of hydrogen-bond acceptors (Lipinski definition) is 4. The standard InChI is InChI=1S/C21H19F2N3O2/c1-14-19(20(24-28-14)15-5-4-6-16(22)13-15)21(27)26-11-9-25(10-12-26)18-8-3-2-7-17(18)23/h2-8,13H,9-12H2,1H3. The summed E-state index contributed by atoms with van der Waals surface area (Å²) in [5, 5.41) is 3.97. The van der Waals surface area contributed by atoms with Crippen LogP contribution in [-0.4, -0.2) is 42.1 Å². The molecule has 144 valence electrons. The quantitative estimate of drug-likeness (QED) is 0.689. The van der Waals surface area contributed by atoms with Gasteiger partial charge in [0.1, 0.15) is 28.7 Å². The van der Waals surface area contributed by atoms with Crippen molar-refractivity contribution in [2.45, 2.75) is 6.92 Å². The van der Waals surface area contributed by atoms with E-state index < -0.39 is 5.82 Å². The van der Waals surface area contributed by atoms with Gasteiger partial charge in [0.05, 0.1) is 5.69 Å². The Hall–Kier alpha value is -3.22. The average Bonchev–Trinajstić information content (AvgIpc) is 3.09. The lowest BCUT2D eigenvalue weighted by molar-refractivity contribution is 0.0745. The summed E-state index contributed by atoms with van der Waals surface area (Å²) in [7, 11) is 0. The van der Waals surface area contributed by atoms with Gasteiger partial charge in [0, 0.05) is 31.7 Å². The normalized spacial score (nSPS) is 14.4. The molecule has 1 saturated heterocycles. The van der Waals surface area contributed by atoms with Crippen molar-refractivity contribution in [3.63, 3.8) is 0 Å². The number of amides is 1. The van der Waals surface area contributed by atoms with E-state index in [0.717, 1.165) is 0 Å². The van der Waals surface area contributed by atoms with E-state index in [4.69, 9.17) is 4.52 Å². The van der Waals surface area contributed by atoms with E-state index in [1.54, 1.807) is 42.2 Å². The maximum Gasteiger partial charge on any atom is 0.259 e. The third kappa shape index (κ3) is 3.35. The molecule has 0 bridgehead atoms. The monoisotopic (exact) mass is 383 g/mol. The van der Waals surface area contributed by atoms with Crippen molar-refractivity contribution in [3.05, 3.63) is 71.5 Å². The van der Waals surface area contributed by atoms with E-state index in [1.807, 2.05) is 4.90 Å². The first-order valence-electron chi connectivity index (χ1n) is 9.05. The molecule has 0 saturated carbocycles. The third-order valence-electron chi connectivity index (χ3n) is 4.93. The molecule has 3 aromatic rings. The van der Waals surface area contributed by atoms with Gasteiger partial charge in [0.25, 0.3) is 5.91 Å². The van der Waals surface area contributed by atoms with Crippen molar-refractivity contribution in [2.75, 3.05) is 31.1 Å². The number of anilines is 1. The Morgan fingerprint density at radius 3 is 2.50 bits per heavy atom. The molecule has 1 aliphatic rings. The van der Waals surface area contributed by atoms with Gasteiger partial charge < -0.3 is 14.3 Å². The number of carbonyl (C=O) groups is 1. The fourth-order valence-corrected chi connectivity index (χ4v) is 3.47. The van der Waals surface area contributed by atoms with Crippen LogP contribution < -0.4 is 4.90 Å². The van der Waals surface area contributed by atoms with Crippen LogP contribution in [0.5, 0.6) is 0 Å². The van der Waals surface area contributed by atoms with Gasteiger partial charge in [-0.3, -0.25) is 4.79 Å². The highest BCUT2D eigenvalue weighted by atomic mass is 19.1. The lowest BCUT2D eigenvalue weighted by Gasteiger charge is -2.36. The highest BCUT2D eigenvalue weighted by Gasteiger charge is 2.29. The SMILES string of the molecule is Cc1onc(-c2cccc(F)c2)c1C(=O)N1CCN(c2ccccc2F)CC1. The molecule has 28 heavy (non-hydrogen) atoms. The van der Waals surface area contributed by atoms with Crippen molar-refractivity contribution in [1.29, 1.82) is 0 Å². The molecule has 7 heteroatoms. The maximum absolute atomic E-state index is 14.0. The summed E-state index contributed by atoms with van der Waals surface area (Å²) < 4.78 is 32.8. The predicted molar refractivity (Wildman–Crippen MR) is 101 cm³/mol. The molecule has 0 N–H and O–H groups in total. The molecule has 4 rings (SSSR count). The number of halogens is 2. The van der Waals surface area contributed by atoms with Gasteiger partial charge in [-0.05, 0) is 31.2 Å². The summed E-state index contributed by atoms with van der Waals surface area (Å²) in [5.74, 6) is -0.507. The lowest BCUT2D eigenvalue weighted by atomic mass is 10.0. The molecule has 5 nitrogen and oxygen atoms in total. The molecule has 0 spiro atoms. The largest absolute Gasteiger partial charge is 0.366 e. The minimum Gasteiger partial charge on any atom is -0.366 e. The second kappa shape index (κ2) is 7.42.